The number of para-hydroxylation sites is 1. The molecule has 8 heteroatoms. The second-order valence-electron chi connectivity index (χ2n) is 5.24. The highest BCUT2D eigenvalue weighted by Gasteiger charge is 2.13. The summed E-state index contributed by atoms with van der Waals surface area (Å²) in [5.41, 5.74) is 6.84. The van der Waals surface area contributed by atoms with Gasteiger partial charge in [-0.1, -0.05) is 52.0 Å². The normalized spacial score (nSPS) is 10.5. The van der Waals surface area contributed by atoms with E-state index in [-0.39, 0.29) is 17.2 Å². The van der Waals surface area contributed by atoms with Crippen LogP contribution in [0.2, 0.25) is 0 Å². The highest BCUT2D eigenvalue weighted by Crippen LogP contribution is 2.26. The number of amides is 2. The van der Waals surface area contributed by atoms with Gasteiger partial charge in [0.25, 0.3) is 11.1 Å². The number of anilines is 1. The minimum atomic E-state index is -0.597. The number of hydrogen-bond acceptors (Lipinski definition) is 5. The minimum Gasteiger partial charge on any atom is -0.431 e. The van der Waals surface area contributed by atoms with E-state index in [1.54, 1.807) is 30.5 Å². The van der Waals surface area contributed by atoms with Gasteiger partial charge in [0, 0.05) is 10.0 Å². The molecule has 0 aliphatic carbocycles. The summed E-state index contributed by atoms with van der Waals surface area (Å²) in [7, 11) is 0. The molecular weight excluding hydrogens is 418 g/mol. The highest BCUT2D eigenvalue weighted by molar-refractivity contribution is 9.10. The Labute approximate surface area is 162 Å². The molecule has 0 saturated carbocycles. The molecular formula is C18H14BrN3O3S. The number of rotatable bonds is 6. The van der Waals surface area contributed by atoms with Gasteiger partial charge in [-0.15, -0.1) is 0 Å². The second kappa shape index (κ2) is 8.20. The summed E-state index contributed by atoms with van der Waals surface area (Å²) in [6.45, 7) is 0. The fraction of sp³-hybridized carbons (Fsp3) is 0.0556. The molecule has 6 nitrogen and oxygen atoms in total. The number of carbonyl (C=O) groups excluding carboxylic acids is 2. The van der Waals surface area contributed by atoms with Crippen LogP contribution in [0.15, 0.2) is 68.8 Å². The number of nitrogens with zero attached hydrogens (tertiary/aromatic N) is 1. The first kappa shape index (κ1) is 18.2. The molecule has 3 rings (SSSR count). The van der Waals surface area contributed by atoms with Crippen LogP contribution < -0.4 is 11.1 Å². The molecule has 3 N–H and O–H groups in total. The maximum atomic E-state index is 12.1. The van der Waals surface area contributed by atoms with Crippen LogP contribution in [-0.2, 0) is 4.79 Å². The number of thioether (sulfide) groups is 1. The van der Waals surface area contributed by atoms with E-state index in [0.717, 1.165) is 10.0 Å². The maximum absolute atomic E-state index is 12.1. The van der Waals surface area contributed by atoms with Gasteiger partial charge >= 0.3 is 0 Å². The van der Waals surface area contributed by atoms with Crippen molar-refractivity contribution in [2.45, 2.75) is 5.22 Å². The lowest BCUT2D eigenvalue weighted by Gasteiger charge is -2.07. The Balaban J connectivity index is 1.60. The van der Waals surface area contributed by atoms with Crippen LogP contribution >= 0.6 is 27.7 Å². The van der Waals surface area contributed by atoms with E-state index in [0.29, 0.717) is 16.7 Å². The first-order chi connectivity index (χ1) is 12.5. The van der Waals surface area contributed by atoms with Crippen molar-refractivity contribution in [1.29, 1.82) is 0 Å². The van der Waals surface area contributed by atoms with Gasteiger partial charge in [0.15, 0.2) is 5.76 Å². The molecule has 0 fully saturated rings. The molecule has 0 atom stereocenters. The van der Waals surface area contributed by atoms with Gasteiger partial charge in [-0.3, -0.25) is 9.59 Å². The van der Waals surface area contributed by atoms with E-state index >= 15 is 0 Å². The third kappa shape index (κ3) is 4.53. The molecule has 0 aliphatic rings. The van der Waals surface area contributed by atoms with Crippen molar-refractivity contribution in [3.05, 3.63) is 64.8 Å². The maximum Gasteiger partial charge on any atom is 0.256 e. The molecule has 0 bridgehead atoms. The molecule has 0 spiro atoms. The van der Waals surface area contributed by atoms with Gasteiger partial charge in [0.05, 0.1) is 23.2 Å². The summed E-state index contributed by atoms with van der Waals surface area (Å²) in [4.78, 5) is 27.7. The van der Waals surface area contributed by atoms with E-state index < -0.39 is 5.91 Å². The van der Waals surface area contributed by atoms with Crippen molar-refractivity contribution in [2.75, 3.05) is 11.1 Å². The quantitative estimate of drug-likeness (QED) is 0.575. The first-order valence-corrected chi connectivity index (χ1v) is 9.34. The van der Waals surface area contributed by atoms with Gasteiger partial charge in [-0.05, 0) is 24.3 Å². The molecule has 26 heavy (non-hydrogen) atoms. The van der Waals surface area contributed by atoms with Crippen LogP contribution in [0.4, 0.5) is 5.69 Å². The van der Waals surface area contributed by atoms with E-state index in [1.165, 1.54) is 11.8 Å². The molecule has 3 aromatic rings. The van der Waals surface area contributed by atoms with Crippen LogP contribution in [0.5, 0.6) is 0 Å². The smallest absolute Gasteiger partial charge is 0.256 e. The van der Waals surface area contributed by atoms with Gasteiger partial charge in [0.2, 0.25) is 5.91 Å². The Hall–Kier alpha value is -2.58. The predicted molar refractivity (Wildman–Crippen MR) is 104 cm³/mol. The summed E-state index contributed by atoms with van der Waals surface area (Å²) in [6, 6.07) is 14.2. The Kier molecular flexibility index (Phi) is 5.75. The Morgan fingerprint density at radius 1 is 1.15 bits per heavy atom. The average molecular weight is 432 g/mol. The average Bonchev–Trinajstić information content (AvgIpc) is 3.10. The third-order valence-electron chi connectivity index (χ3n) is 3.41. The lowest BCUT2D eigenvalue weighted by atomic mass is 10.1. The lowest BCUT2D eigenvalue weighted by Crippen LogP contribution is -2.19. The summed E-state index contributed by atoms with van der Waals surface area (Å²) >= 11 is 4.55. The molecule has 1 heterocycles. The van der Waals surface area contributed by atoms with Crippen molar-refractivity contribution in [2.24, 2.45) is 5.73 Å². The zero-order chi connectivity index (χ0) is 18.5. The third-order valence-corrected chi connectivity index (χ3v) is 4.78. The van der Waals surface area contributed by atoms with Crippen molar-refractivity contribution < 1.29 is 14.0 Å². The predicted octanol–water partition coefficient (Wildman–Crippen LogP) is 3.93. The van der Waals surface area contributed by atoms with Crippen LogP contribution in [-0.4, -0.2) is 22.6 Å². The largest absolute Gasteiger partial charge is 0.431 e. The van der Waals surface area contributed by atoms with Gasteiger partial charge < -0.3 is 15.5 Å². The molecule has 2 amide bonds. The van der Waals surface area contributed by atoms with Crippen molar-refractivity contribution >= 4 is 45.2 Å². The van der Waals surface area contributed by atoms with Gasteiger partial charge in [-0.2, -0.15) is 0 Å². The van der Waals surface area contributed by atoms with Crippen molar-refractivity contribution in [3.63, 3.8) is 0 Å². The van der Waals surface area contributed by atoms with E-state index in [9.17, 15) is 9.59 Å². The zero-order valence-corrected chi connectivity index (χ0v) is 15.8. The number of benzene rings is 2. The molecule has 2 aromatic carbocycles. The summed E-state index contributed by atoms with van der Waals surface area (Å²) in [6.07, 6.45) is 1.62. The fourth-order valence-electron chi connectivity index (χ4n) is 2.19. The molecule has 0 aliphatic heterocycles. The van der Waals surface area contributed by atoms with Gasteiger partial charge in [0.1, 0.15) is 0 Å². The highest BCUT2D eigenvalue weighted by atomic mass is 79.9. The summed E-state index contributed by atoms with van der Waals surface area (Å²) in [5, 5.41) is 3.06. The zero-order valence-electron chi connectivity index (χ0n) is 13.4. The number of nitrogens with two attached hydrogens (primary N) is 1. The van der Waals surface area contributed by atoms with E-state index in [2.05, 4.69) is 26.2 Å². The first-order valence-electron chi connectivity index (χ1n) is 7.56. The Morgan fingerprint density at radius 3 is 2.62 bits per heavy atom. The standard InChI is InChI=1S/C18H14BrN3O3S/c19-12-7-5-11(6-8-12)15-9-21-18(25-15)26-10-16(23)22-14-4-2-1-3-13(14)17(20)24/h1-9H,10H2,(H2,20,24)(H,22,23). The fourth-order valence-corrected chi connectivity index (χ4v) is 3.06. The Morgan fingerprint density at radius 2 is 1.88 bits per heavy atom. The number of carbonyl (C=O) groups is 2. The number of aromatic nitrogens is 1. The molecule has 0 unspecified atom stereocenters. The lowest BCUT2D eigenvalue weighted by molar-refractivity contribution is -0.113. The second-order valence-corrected chi connectivity index (χ2v) is 7.09. The molecule has 132 valence electrons. The minimum absolute atomic E-state index is 0.0907. The molecule has 0 radical (unpaired) electrons. The summed E-state index contributed by atoms with van der Waals surface area (Å²) < 4.78 is 6.63. The van der Waals surface area contributed by atoms with E-state index in [1.807, 2.05) is 24.3 Å². The van der Waals surface area contributed by atoms with Crippen molar-refractivity contribution in [1.82, 2.24) is 4.98 Å². The van der Waals surface area contributed by atoms with E-state index in [4.69, 9.17) is 10.2 Å². The van der Waals surface area contributed by atoms with Crippen LogP contribution in [0.25, 0.3) is 11.3 Å². The van der Waals surface area contributed by atoms with Crippen LogP contribution in [0.1, 0.15) is 10.4 Å². The SMILES string of the molecule is NC(=O)c1ccccc1NC(=O)CSc1ncc(-c2ccc(Br)cc2)o1. The number of primary amides is 1. The summed E-state index contributed by atoms with van der Waals surface area (Å²) in [5.74, 6) is -0.167. The van der Waals surface area contributed by atoms with Crippen LogP contribution in [0.3, 0.4) is 0 Å². The Bertz CT molecular complexity index is 941. The van der Waals surface area contributed by atoms with Crippen molar-refractivity contribution in [3.8, 4) is 11.3 Å². The van der Waals surface area contributed by atoms with Crippen LogP contribution in [0, 0.1) is 0 Å². The number of oxazole rings is 1. The number of hydrogen-bond donors (Lipinski definition) is 2. The monoisotopic (exact) mass is 431 g/mol. The topological polar surface area (TPSA) is 98.2 Å². The number of halogens is 1. The molecule has 1 aromatic heterocycles. The molecule has 0 saturated heterocycles. The van der Waals surface area contributed by atoms with Gasteiger partial charge in [-0.25, -0.2) is 4.98 Å². The number of nitrogens with one attached hydrogen (secondary N) is 1.